The molecule has 7 aromatic rings. The van der Waals surface area contributed by atoms with Crippen LogP contribution in [0.25, 0.3) is 33.5 Å². The van der Waals surface area contributed by atoms with E-state index in [0.29, 0.717) is 65.0 Å². The number of H-pyrrole nitrogens is 2. The van der Waals surface area contributed by atoms with Gasteiger partial charge in [-0.3, -0.25) is 18.9 Å². The fourth-order valence-corrected chi connectivity index (χ4v) is 8.60. The molecule has 3 atom stereocenters. The van der Waals surface area contributed by atoms with Crippen molar-refractivity contribution in [3.63, 3.8) is 0 Å². The maximum absolute atomic E-state index is 15.2. The van der Waals surface area contributed by atoms with Gasteiger partial charge in [-0.25, -0.2) is 23.6 Å². The van der Waals surface area contributed by atoms with Crippen LogP contribution >= 0.6 is 0 Å². The first-order valence-electron chi connectivity index (χ1n) is 18.1. The number of aromatic amines is 2. The summed E-state index contributed by atoms with van der Waals surface area (Å²) in [5, 5.41) is 9.92. The number of halogens is 1. The molecule has 1 saturated carbocycles. The molecular weight excluding hydrogens is 705 g/mol. The van der Waals surface area contributed by atoms with Crippen LogP contribution in [0.2, 0.25) is 0 Å². The quantitative estimate of drug-likeness (QED) is 0.212. The molecule has 0 bridgehead atoms. The van der Waals surface area contributed by atoms with Gasteiger partial charge in [-0.2, -0.15) is 5.10 Å². The average Bonchev–Trinajstić information content (AvgIpc) is 3.69. The molecule has 0 saturated heterocycles. The number of aryl methyl sites for hydroxylation is 2. The van der Waals surface area contributed by atoms with E-state index < -0.39 is 17.3 Å². The van der Waals surface area contributed by atoms with Crippen LogP contribution in [0.1, 0.15) is 70.6 Å². The first-order chi connectivity index (χ1) is 26.4. The predicted octanol–water partition coefficient (Wildman–Crippen LogP) is 5.66. The number of rotatable bonds is 7. The number of methoxy groups -OCH3 is 1. The van der Waals surface area contributed by atoms with E-state index in [2.05, 4.69) is 27.0 Å². The topological polar surface area (TPSA) is 162 Å². The molecule has 6 heterocycles. The Kier molecular flexibility index (Phi) is 7.64. The van der Waals surface area contributed by atoms with Gasteiger partial charge in [0.15, 0.2) is 5.82 Å². The van der Waals surface area contributed by atoms with Gasteiger partial charge in [0, 0.05) is 53.6 Å². The highest BCUT2D eigenvalue weighted by Crippen LogP contribution is 2.56. The van der Waals surface area contributed by atoms with Crippen LogP contribution in [0, 0.1) is 32.5 Å². The molecule has 2 aromatic carbocycles. The minimum atomic E-state index is -0.840. The zero-order valence-electron chi connectivity index (χ0n) is 31.1. The number of aromatic nitrogens is 8. The van der Waals surface area contributed by atoms with Gasteiger partial charge in [0.25, 0.3) is 5.91 Å². The Labute approximate surface area is 313 Å². The third kappa shape index (κ3) is 5.05. The summed E-state index contributed by atoms with van der Waals surface area (Å²) in [6, 6.07) is 12.7. The first kappa shape index (κ1) is 34.3. The molecule has 1 aliphatic heterocycles. The van der Waals surface area contributed by atoms with Crippen molar-refractivity contribution >= 4 is 16.8 Å². The maximum atomic E-state index is 15.2. The number of hydrogen-bond donors (Lipinski definition) is 2. The van der Waals surface area contributed by atoms with E-state index in [9.17, 15) is 14.0 Å². The van der Waals surface area contributed by atoms with E-state index in [4.69, 9.17) is 14.4 Å². The van der Waals surface area contributed by atoms with Crippen LogP contribution in [0.3, 0.4) is 0 Å². The summed E-state index contributed by atoms with van der Waals surface area (Å²) in [5.74, 6) is 0.148. The number of nitrogens with zero attached hydrogens (tertiary/aromatic N) is 7. The van der Waals surface area contributed by atoms with Gasteiger partial charge in [0.05, 0.1) is 24.5 Å². The molecule has 1 aliphatic carbocycles. The standard InChI is InChI=1S/C40H38FN9O5/c1-20-15-27(16-21(2)33(20)41)50-35(48-14-12-43-38(48)52)32-24(5)47(13-10-29(32)45-50)36(51)31-18-26-17-25(28-9-11-42-34(54-6)23(28)4)7-8-30(26)49(31)40(19-22(40)3)37-44-39(53)55-46-37/h7-9,11-12,14-18,22,24H,10,13,19H2,1-6H3,(H,43,52)(H,44,46,53)/t22-,24-,40-/m0/s1. The Morgan fingerprint density at radius 2 is 1.84 bits per heavy atom. The maximum Gasteiger partial charge on any atom is 0.438 e. The number of fused-ring (bicyclic) bond motifs is 2. The number of hydrogen-bond acceptors (Lipinski definition) is 8. The third-order valence-corrected chi connectivity index (χ3v) is 11.5. The normalized spacial score (nSPS) is 19.2. The van der Waals surface area contributed by atoms with Crippen LogP contribution in [-0.4, -0.2) is 63.5 Å². The van der Waals surface area contributed by atoms with Crippen LogP contribution in [0.5, 0.6) is 5.88 Å². The lowest BCUT2D eigenvalue weighted by Crippen LogP contribution is -2.41. The Hall–Kier alpha value is -6.51. The summed E-state index contributed by atoms with van der Waals surface area (Å²) in [6.07, 6.45) is 5.90. The smallest absolute Gasteiger partial charge is 0.438 e. The monoisotopic (exact) mass is 743 g/mol. The summed E-state index contributed by atoms with van der Waals surface area (Å²) in [4.78, 5) is 52.3. The molecule has 280 valence electrons. The number of benzene rings is 2. The van der Waals surface area contributed by atoms with Gasteiger partial charge < -0.3 is 19.2 Å². The van der Waals surface area contributed by atoms with Crippen molar-refractivity contribution in [2.75, 3.05) is 13.7 Å². The number of imidazole rings is 1. The second-order valence-electron chi connectivity index (χ2n) is 14.7. The van der Waals surface area contributed by atoms with Gasteiger partial charge in [-0.15, -0.1) is 0 Å². The van der Waals surface area contributed by atoms with Crippen LogP contribution in [0.15, 0.2) is 75.2 Å². The minimum Gasteiger partial charge on any atom is -0.481 e. The molecule has 5 aromatic heterocycles. The van der Waals surface area contributed by atoms with Crippen molar-refractivity contribution in [1.82, 2.24) is 43.9 Å². The molecule has 14 nitrogen and oxygen atoms in total. The van der Waals surface area contributed by atoms with E-state index >= 15 is 4.79 Å². The molecule has 2 aliphatic rings. The summed E-state index contributed by atoms with van der Waals surface area (Å²) in [7, 11) is 1.59. The van der Waals surface area contributed by atoms with Gasteiger partial charge in [0.1, 0.15) is 22.9 Å². The highest BCUT2D eigenvalue weighted by atomic mass is 19.1. The van der Waals surface area contributed by atoms with E-state index in [-0.39, 0.29) is 23.3 Å². The Balaban J connectivity index is 1.21. The van der Waals surface area contributed by atoms with Gasteiger partial charge in [-0.05, 0) is 98.7 Å². The predicted molar refractivity (Wildman–Crippen MR) is 201 cm³/mol. The van der Waals surface area contributed by atoms with E-state index in [0.717, 1.165) is 33.3 Å². The lowest BCUT2D eigenvalue weighted by molar-refractivity contribution is 0.0663. The lowest BCUT2D eigenvalue weighted by atomic mass is 9.98. The highest BCUT2D eigenvalue weighted by molar-refractivity contribution is 6.00. The average molecular weight is 744 g/mol. The zero-order chi connectivity index (χ0) is 38.5. The number of amides is 1. The molecular formula is C40H38FN9O5. The van der Waals surface area contributed by atoms with Crippen LogP contribution < -0.4 is 16.2 Å². The van der Waals surface area contributed by atoms with Crippen molar-refractivity contribution in [1.29, 1.82) is 0 Å². The van der Waals surface area contributed by atoms with Crippen molar-refractivity contribution < 1.29 is 18.4 Å². The fourth-order valence-electron chi connectivity index (χ4n) is 8.60. The van der Waals surface area contributed by atoms with Crippen molar-refractivity contribution in [3.05, 3.63) is 127 Å². The SMILES string of the molecule is COc1nccc(-c2ccc3c(c2)cc(C(=O)N2CCc4nn(-c5cc(C)c(F)c(C)c5)c(-n5cc[nH]c5=O)c4[C@@H]2C)n3[C@@]2(c3noc(=O)[nH]3)C[C@@H]2C)c1C. The van der Waals surface area contributed by atoms with Crippen molar-refractivity contribution in [2.24, 2.45) is 5.92 Å². The van der Waals surface area contributed by atoms with E-state index in [1.165, 1.54) is 4.57 Å². The van der Waals surface area contributed by atoms with Gasteiger partial charge >= 0.3 is 11.4 Å². The zero-order valence-corrected chi connectivity index (χ0v) is 31.1. The molecule has 15 heteroatoms. The summed E-state index contributed by atoms with van der Waals surface area (Å²) >= 11 is 0. The highest BCUT2D eigenvalue weighted by Gasteiger charge is 2.59. The molecule has 0 radical (unpaired) electrons. The third-order valence-electron chi connectivity index (χ3n) is 11.5. The van der Waals surface area contributed by atoms with E-state index in [1.54, 1.807) is 61.3 Å². The molecule has 0 spiro atoms. The second kappa shape index (κ2) is 12.3. The Morgan fingerprint density at radius 1 is 1.07 bits per heavy atom. The summed E-state index contributed by atoms with van der Waals surface area (Å²) in [6.45, 7) is 9.67. The van der Waals surface area contributed by atoms with Crippen molar-refractivity contribution in [2.45, 2.75) is 59.0 Å². The number of carbonyl (C=O) groups excluding carboxylic acids is 1. The fraction of sp³-hybridized carbons (Fsp3) is 0.300. The molecule has 0 unspecified atom stereocenters. The largest absolute Gasteiger partial charge is 0.481 e. The first-order valence-corrected chi connectivity index (χ1v) is 18.1. The summed E-state index contributed by atoms with van der Waals surface area (Å²) < 4.78 is 30.4. The number of ether oxygens (including phenoxy) is 1. The van der Waals surface area contributed by atoms with Crippen LogP contribution in [-0.2, 0) is 12.0 Å². The van der Waals surface area contributed by atoms with Gasteiger partial charge in [0.2, 0.25) is 5.88 Å². The number of pyridine rings is 1. The van der Waals surface area contributed by atoms with E-state index in [1.807, 2.05) is 48.7 Å². The molecule has 2 N–H and O–H groups in total. The molecule has 55 heavy (non-hydrogen) atoms. The molecule has 1 amide bonds. The van der Waals surface area contributed by atoms with Crippen LogP contribution in [0.4, 0.5) is 4.39 Å². The number of nitrogens with one attached hydrogen (secondary N) is 2. The minimum absolute atomic E-state index is 0.0140. The van der Waals surface area contributed by atoms with Gasteiger partial charge in [-0.1, -0.05) is 18.1 Å². The Morgan fingerprint density at radius 3 is 2.49 bits per heavy atom. The lowest BCUT2D eigenvalue weighted by Gasteiger charge is -2.34. The molecule has 9 rings (SSSR count). The summed E-state index contributed by atoms with van der Waals surface area (Å²) in [5.41, 5.74) is 5.69. The second-order valence-corrected chi connectivity index (χ2v) is 14.7. The Bertz CT molecular complexity index is 2800. The van der Waals surface area contributed by atoms with Crippen molar-refractivity contribution in [3.8, 4) is 28.5 Å². The number of carbonyl (C=O) groups is 1. The molecule has 1 fully saturated rings.